The van der Waals surface area contributed by atoms with Crippen molar-refractivity contribution >= 4 is 3.40 Å². The van der Waals surface area contributed by atoms with E-state index in [9.17, 15) is 0 Å². The first-order valence-electron chi connectivity index (χ1n) is 9.60. The zero-order valence-electron chi connectivity index (χ0n) is 15.5. The molecule has 0 aliphatic heterocycles. The van der Waals surface area contributed by atoms with Gasteiger partial charge in [-0.05, 0) is 0 Å². The predicted molar refractivity (Wildman–Crippen MR) is 111 cm³/mol. The van der Waals surface area contributed by atoms with Gasteiger partial charge in [-0.3, -0.25) is 0 Å². The topological polar surface area (TPSA) is 15.8 Å². The average Bonchev–Trinajstić information content (AvgIpc) is 3.26. The summed E-state index contributed by atoms with van der Waals surface area (Å²) in [4.78, 5) is 3.63. The van der Waals surface area contributed by atoms with Crippen LogP contribution in [0.25, 0.3) is 0 Å². The SMILES string of the molecule is c1ccc([CH2][Zr]([CH2]c2ccccc2)([CH2]c2ccccc2)[c]2ccc[nH]2)cc1. The van der Waals surface area contributed by atoms with Gasteiger partial charge in [0.2, 0.25) is 0 Å². The molecule has 1 N–H and O–H groups in total. The van der Waals surface area contributed by atoms with Crippen LogP contribution in [0, 0.1) is 0 Å². The second-order valence-electron chi connectivity index (χ2n) is 7.35. The van der Waals surface area contributed by atoms with Gasteiger partial charge in [-0.25, -0.2) is 0 Å². The number of hydrogen-bond donors (Lipinski definition) is 1. The quantitative estimate of drug-likeness (QED) is 0.404. The first-order chi connectivity index (χ1) is 13.3. The summed E-state index contributed by atoms with van der Waals surface area (Å²) in [5.41, 5.74) is 4.40. The first-order valence-corrected chi connectivity index (χ1v) is 16.0. The molecule has 134 valence electrons. The normalized spacial score (nSPS) is 11.4. The van der Waals surface area contributed by atoms with Crippen molar-refractivity contribution in [2.45, 2.75) is 12.4 Å². The Morgan fingerprint density at radius 3 is 1.22 bits per heavy atom. The Hall–Kier alpha value is -2.18. The molecule has 0 fully saturated rings. The maximum atomic E-state index is 3.63. The van der Waals surface area contributed by atoms with Crippen molar-refractivity contribution in [2.24, 2.45) is 0 Å². The van der Waals surface area contributed by atoms with E-state index >= 15 is 0 Å². The number of H-pyrrole nitrogens is 1. The minimum absolute atomic E-state index is 1.21. The number of aromatic nitrogens is 1. The standard InChI is InChI=1S/3C7H7.C4H4N.Zr/c3*1-7-5-3-2-4-6-7;1-2-4-5-3-1;/h3*2-6H,1H2;1-3,5H;. The molecule has 4 aromatic rings. The van der Waals surface area contributed by atoms with Crippen molar-refractivity contribution in [1.82, 2.24) is 4.98 Å². The third-order valence-electron chi connectivity index (χ3n) is 5.33. The molecule has 4 rings (SSSR count). The molecule has 0 unspecified atom stereocenters. The average molecular weight is 431 g/mol. The van der Waals surface area contributed by atoms with Crippen LogP contribution in [0.3, 0.4) is 0 Å². The van der Waals surface area contributed by atoms with Crippen molar-refractivity contribution < 1.29 is 20.3 Å². The van der Waals surface area contributed by atoms with E-state index in [1.165, 1.54) is 32.5 Å². The van der Waals surface area contributed by atoms with Gasteiger partial charge in [-0.2, -0.15) is 0 Å². The predicted octanol–water partition coefficient (Wildman–Crippen LogP) is 5.39. The molecular formula is C25H25NZr. The molecule has 27 heavy (non-hydrogen) atoms. The fourth-order valence-electron chi connectivity index (χ4n) is 4.09. The minimum atomic E-state index is -2.86. The number of hydrogen-bond acceptors (Lipinski definition) is 0. The molecular weight excluding hydrogens is 406 g/mol. The van der Waals surface area contributed by atoms with Crippen molar-refractivity contribution in [3.63, 3.8) is 0 Å². The van der Waals surface area contributed by atoms with E-state index in [1.807, 2.05) is 0 Å². The first kappa shape index (κ1) is 18.2. The summed E-state index contributed by atoms with van der Waals surface area (Å²) < 4.78 is 5.14. The van der Waals surface area contributed by atoms with Gasteiger partial charge in [-0.15, -0.1) is 0 Å². The molecule has 0 spiro atoms. The number of rotatable bonds is 7. The zero-order valence-corrected chi connectivity index (χ0v) is 18.0. The molecule has 0 bridgehead atoms. The zero-order chi connectivity index (χ0) is 18.4. The van der Waals surface area contributed by atoms with Crippen LogP contribution in [0.4, 0.5) is 0 Å². The van der Waals surface area contributed by atoms with Crippen molar-refractivity contribution in [3.05, 3.63) is 126 Å². The summed E-state index contributed by atoms with van der Waals surface area (Å²) in [5, 5.41) is 0. The van der Waals surface area contributed by atoms with E-state index < -0.39 is 20.3 Å². The van der Waals surface area contributed by atoms with Crippen LogP contribution >= 0.6 is 0 Å². The molecule has 0 aliphatic rings. The Morgan fingerprint density at radius 2 is 0.889 bits per heavy atom. The van der Waals surface area contributed by atoms with Crippen molar-refractivity contribution in [3.8, 4) is 0 Å². The maximum absolute atomic E-state index is 3.63. The molecule has 3 aromatic carbocycles. The third-order valence-corrected chi connectivity index (χ3v) is 16.9. The van der Waals surface area contributed by atoms with E-state index in [4.69, 9.17) is 0 Å². The molecule has 2 heteroatoms. The van der Waals surface area contributed by atoms with Gasteiger partial charge < -0.3 is 0 Å². The summed E-state index contributed by atoms with van der Waals surface area (Å²) in [6, 6.07) is 37.7. The molecule has 0 amide bonds. The van der Waals surface area contributed by atoms with Crippen LogP contribution < -0.4 is 3.40 Å². The van der Waals surface area contributed by atoms with E-state index in [0.29, 0.717) is 0 Å². The van der Waals surface area contributed by atoms with Crippen LogP contribution in [-0.2, 0) is 32.7 Å². The summed E-state index contributed by atoms with van der Waals surface area (Å²) in [6.07, 6.45) is 2.10. The van der Waals surface area contributed by atoms with E-state index in [1.54, 1.807) is 0 Å². The van der Waals surface area contributed by atoms with Crippen LogP contribution in [0.2, 0.25) is 0 Å². The molecule has 0 aliphatic carbocycles. The Bertz CT molecular complexity index is 830. The summed E-state index contributed by atoms with van der Waals surface area (Å²) in [6.45, 7) is 0. The fraction of sp³-hybridized carbons (Fsp3) is 0.120. The Balaban J connectivity index is 1.79. The van der Waals surface area contributed by atoms with Gasteiger partial charge in [0.1, 0.15) is 0 Å². The number of nitrogens with one attached hydrogen (secondary N) is 1. The molecule has 0 saturated heterocycles. The Kier molecular flexibility index (Phi) is 5.85. The van der Waals surface area contributed by atoms with Crippen LogP contribution in [-0.4, -0.2) is 4.98 Å². The van der Waals surface area contributed by atoms with Crippen molar-refractivity contribution in [2.75, 3.05) is 0 Å². The summed E-state index contributed by atoms with van der Waals surface area (Å²) >= 11 is -2.86. The fourth-order valence-corrected chi connectivity index (χ4v) is 16.0. The molecule has 0 atom stereocenters. The molecule has 1 aromatic heterocycles. The monoisotopic (exact) mass is 429 g/mol. The van der Waals surface area contributed by atoms with E-state index in [0.717, 1.165) is 0 Å². The van der Waals surface area contributed by atoms with Crippen LogP contribution in [0.1, 0.15) is 16.7 Å². The summed E-state index contributed by atoms with van der Waals surface area (Å²) in [5.74, 6) is 0. The van der Waals surface area contributed by atoms with Gasteiger partial charge in [-0.1, -0.05) is 0 Å². The number of aromatic amines is 1. The Morgan fingerprint density at radius 1 is 0.481 bits per heavy atom. The van der Waals surface area contributed by atoms with E-state index in [2.05, 4.69) is 114 Å². The molecule has 0 saturated carbocycles. The van der Waals surface area contributed by atoms with Crippen molar-refractivity contribution in [1.29, 1.82) is 0 Å². The van der Waals surface area contributed by atoms with Gasteiger partial charge in [0.15, 0.2) is 0 Å². The summed E-state index contributed by atoms with van der Waals surface area (Å²) in [7, 11) is 0. The second kappa shape index (κ2) is 8.67. The molecule has 1 nitrogen and oxygen atoms in total. The Labute approximate surface area is 166 Å². The van der Waals surface area contributed by atoms with Crippen LogP contribution in [0.5, 0.6) is 0 Å². The van der Waals surface area contributed by atoms with E-state index in [-0.39, 0.29) is 0 Å². The van der Waals surface area contributed by atoms with Gasteiger partial charge in [0.05, 0.1) is 0 Å². The second-order valence-corrected chi connectivity index (χ2v) is 17.6. The van der Waals surface area contributed by atoms with Gasteiger partial charge in [0, 0.05) is 0 Å². The molecule has 0 radical (unpaired) electrons. The van der Waals surface area contributed by atoms with Crippen LogP contribution in [0.15, 0.2) is 109 Å². The third kappa shape index (κ3) is 4.57. The van der Waals surface area contributed by atoms with Gasteiger partial charge in [0.25, 0.3) is 0 Å². The number of benzene rings is 3. The van der Waals surface area contributed by atoms with Gasteiger partial charge >= 0.3 is 167 Å². The molecule has 1 heterocycles.